The van der Waals surface area contributed by atoms with Crippen LogP contribution in [0.25, 0.3) is 0 Å². The van der Waals surface area contributed by atoms with Crippen LogP contribution in [0.1, 0.15) is 50.7 Å². The van der Waals surface area contributed by atoms with Crippen LogP contribution in [0.5, 0.6) is 0 Å². The Balaban J connectivity index is 2.32. The number of carbonyl (C=O) groups is 1. The molecule has 0 aromatic heterocycles. The minimum Gasteiger partial charge on any atom is -0.356 e. The molecular weight excluding hydrogens is 234 g/mol. The molecule has 0 heterocycles. The highest BCUT2D eigenvalue weighted by atomic mass is 16.1. The lowest BCUT2D eigenvalue weighted by Gasteiger charge is -2.15. The minimum absolute atomic E-state index is 0.138. The molecular formula is C17H27NO. The van der Waals surface area contributed by atoms with Gasteiger partial charge in [0.1, 0.15) is 0 Å². The monoisotopic (exact) mass is 261 g/mol. The van der Waals surface area contributed by atoms with Crippen molar-refractivity contribution < 1.29 is 4.79 Å². The average Bonchev–Trinajstić information content (AvgIpc) is 2.42. The first kappa shape index (κ1) is 15.7. The van der Waals surface area contributed by atoms with Gasteiger partial charge in [0.05, 0.1) is 6.42 Å². The number of unbranched alkanes of at least 4 members (excludes halogenated alkanes) is 1. The van der Waals surface area contributed by atoms with Gasteiger partial charge in [-0.15, -0.1) is 0 Å². The van der Waals surface area contributed by atoms with Gasteiger partial charge in [-0.25, -0.2) is 0 Å². The Morgan fingerprint density at radius 3 is 2.47 bits per heavy atom. The first-order chi connectivity index (χ1) is 9.15. The zero-order chi connectivity index (χ0) is 14.1. The molecule has 0 unspecified atom stereocenters. The Morgan fingerprint density at radius 1 is 1.21 bits per heavy atom. The van der Waals surface area contributed by atoms with Gasteiger partial charge in [0.15, 0.2) is 0 Å². The summed E-state index contributed by atoms with van der Waals surface area (Å²) in [6.07, 6.45) is 5.34. The number of benzene rings is 1. The van der Waals surface area contributed by atoms with E-state index in [1.165, 1.54) is 24.8 Å². The van der Waals surface area contributed by atoms with Crippen molar-refractivity contribution in [3.63, 3.8) is 0 Å². The highest BCUT2D eigenvalue weighted by molar-refractivity contribution is 5.78. The van der Waals surface area contributed by atoms with Gasteiger partial charge in [-0.2, -0.15) is 0 Å². The van der Waals surface area contributed by atoms with E-state index in [0.717, 1.165) is 18.5 Å². The molecule has 1 N–H and O–H groups in total. The van der Waals surface area contributed by atoms with E-state index in [2.05, 4.69) is 38.2 Å². The van der Waals surface area contributed by atoms with E-state index in [4.69, 9.17) is 0 Å². The van der Waals surface area contributed by atoms with E-state index in [9.17, 15) is 4.79 Å². The topological polar surface area (TPSA) is 29.1 Å². The van der Waals surface area contributed by atoms with Crippen molar-refractivity contribution in [3.8, 4) is 0 Å². The largest absolute Gasteiger partial charge is 0.356 e. The summed E-state index contributed by atoms with van der Waals surface area (Å²) in [6.45, 7) is 7.29. The van der Waals surface area contributed by atoms with E-state index in [-0.39, 0.29) is 5.91 Å². The highest BCUT2D eigenvalue weighted by Gasteiger charge is 2.08. The molecule has 0 spiro atoms. The average molecular weight is 261 g/mol. The molecule has 1 rings (SSSR count). The van der Waals surface area contributed by atoms with Crippen molar-refractivity contribution in [2.45, 2.75) is 52.9 Å². The van der Waals surface area contributed by atoms with Crippen LogP contribution in [0.4, 0.5) is 0 Å². The van der Waals surface area contributed by atoms with E-state index in [1.54, 1.807) is 0 Å². The summed E-state index contributed by atoms with van der Waals surface area (Å²) in [7, 11) is 0. The molecule has 1 aromatic carbocycles. The van der Waals surface area contributed by atoms with Crippen LogP contribution in [0.2, 0.25) is 0 Å². The van der Waals surface area contributed by atoms with Gasteiger partial charge in [0.2, 0.25) is 5.91 Å². The molecule has 0 fully saturated rings. The van der Waals surface area contributed by atoms with Crippen molar-refractivity contribution in [3.05, 3.63) is 35.4 Å². The van der Waals surface area contributed by atoms with Crippen LogP contribution >= 0.6 is 0 Å². The fourth-order valence-electron chi connectivity index (χ4n) is 2.16. The van der Waals surface area contributed by atoms with Crippen LogP contribution in [0.15, 0.2) is 24.3 Å². The maximum Gasteiger partial charge on any atom is 0.224 e. The van der Waals surface area contributed by atoms with Crippen LogP contribution in [0, 0.1) is 12.8 Å². The van der Waals surface area contributed by atoms with E-state index < -0.39 is 0 Å². The van der Waals surface area contributed by atoms with Gasteiger partial charge in [-0.3, -0.25) is 4.79 Å². The Morgan fingerprint density at radius 2 is 1.89 bits per heavy atom. The molecule has 106 valence electrons. The second-order valence-electron chi connectivity index (χ2n) is 5.38. The number of hydrogen-bond donors (Lipinski definition) is 1. The summed E-state index contributed by atoms with van der Waals surface area (Å²) in [6, 6.07) is 8.17. The molecule has 0 saturated heterocycles. The smallest absolute Gasteiger partial charge is 0.224 e. The fraction of sp³-hybridized carbons (Fsp3) is 0.588. The van der Waals surface area contributed by atoms with Crippen LogP contribution in [-0.4, -0.2) is 12.5 Å². The standard InChI is InChI=1S/C17H27NO/c1-4-6-7-15(5-2)13-18-17(19)12-16-10-8-14(3)9-11-16/h8-11,15H,4-7,12-13H2,1-3H3,(H,18,19)/t15-/m1/s1. The third-order valence-corrected chi connectivity index (χ3v) is 3.62. The van der Waals surface area contributed by atoms with Crippen molar-refractivity contribution >= 4 is 5.91 Å². The number of aryl methyl sites for hydroxylation is 1. The Bertz CT molecular complexity index is 369. The molecule has 0 aliphatic carbocycles. The Labute approximate surface area is 117 Å². The third kappa shape index (κ3) is 6.42. The molecule has 0 bridgehead atoms. The summed E-state index contributed by atoms with van der Waals surface area (Å²) in [4.78, 5) is 11.9. The lowest BCUT2D eigenvalue weighted by Crippen LogP contribution is -2.30. The van der Waals surface area contributed by atoms with Crippen LogP contribution in [0.3, 0.4) is 0 Å². The number of carbonyl (C=O) groups excluding carboxylic acids is 1. The molecule has 1 amide bonds. The van der Waals surface area contributed by atoms with Gasteiger partial charge < -0.3 is 5.32 Å². The number of rotatable bonds is 8. The van der Waals surface area contributed by atoms with E-state index in [1.807, 2.05) is 12.1 Å². The molecule has 19 heavy (non-hydrogen) atoms. The minimum atomic E-state index is 0.138. The Kier molecular flexibility index (Phi) is 7.24. The lowest BCUT2D eigenvalue weighted by atomic mass is 9.99. The summed E-state index contributed by atoms with van der Waals surface area (Å²) in [5, 5.41) is 3.07. The van der Waals surface area contributed by atoms with E-state index >= 15 is 0 Å². The summed E-state index contributed by atoms with van der Waals surface area (Å²) in [5.41, 5.74) is 2.32. The first-order valence-electron chi connectivity index (χ1n) is 7.48. The number of amides is 1. The maximum atomic E-state index is 11.9. The van der Waals surface area contributed by atoms with Gasteiger partial charge in [0.25, 0.3) is 0 Å². The molecule has 0 radical (unpaired) electrons. The number of nitrogens with one attached hydrogen (secondary N) is 1. The van der Waals surface area contributed by atoms with Crippen molar-refractivity contribution in [1.82, 2.24) is 5.32 Å². The van der Waals surface area contributed by atoms with Gasteiger partial charge >= 0.3 is 0 Å². The lowest BCUT2D eigenvalue weighted by molar-refractivity contribution is -0.120. The summed E-state index contributed by atoms with van der Waals surface area (Å²) >= 11 is 0. The van der Waals surface area contributed by atoms with Gasteiger partial charge in [-0.1, -0.05) is 62.9 Å². The summed E-state index contributed by atoms with van der Waals surface area (Å²) < 4.78 is 0. The van der Waals surface area contributed by atoms with Gasteiger partial charge in [0, 0.05) is 6.54 Å². The second-order valence-corrected chi connectivity index (χ2v) is 5.38. The molecule has 0 saturated carbocycles. The zero-order valence-electron chi connectivity index (χ0n) is 12.5. The molecule has 2 heteroatoms. The predicted molar refractivity (Wildman–Crippen MR) is 81.2 cm³/mol. The molecule has 1 atom stereocenters. The van der Waals surface area contributed by atoms with Crippen LogP contribution < -0.4 is 5.32 Å². The summed E-state index contributed by atoms with van der Waals surface area (Å²) in [5.74, 6) is 0.765. The molecule has 0 aliphatic heterocycles. The third-order valence-electron chi connectivity index (χ3n) is 3.62. The fourth-order valence-corrected chi connectivity index (χ4v) is 2.16. The Hall–Kier alpha value is -1.31. The van der Waals surface area contributed by atoms with Crippen molar-refractivity contribution in [2.24, 2.45) is 5.92 Å². The van der Waals surface area contributed by atoms with Crippen molar-refractivity contribution in [1.29, 1.82) is 0 Å². The predicted octanol–water partition coefficient (Wildman–Crippen LogP) is 3.87. The van der Waals surface area contributed by atoms with E-state index in [0.29, 0.717) is 12.3 Å². The van der Waals surface area contributed by atoms with Crippen molar-refractivity contribution in [2.75, 3.05) is 6.54 Å². The molecule has 1 aromatic rings. The highest BCUT2D eigenvalue weighted by Crippen LogP contribution is 2.11. The quantitative estimate of drug-likeness (QED) is 0.756. The first-order valence-corrected chi connectivity index (χ1v) is 7.48. The second kappa shape index (κ2) is 8.73. The maximum absolute atomic E-state index is 11.9. The number of hydrogen-bond acceptors (Lipinski definition) is 1. The SMILES string of the molecule is CCCC[C@@H](CC)CNC(=O)Cc1ccc(C)cc1. The van der Waals surface area contributed by atoms with Gasteiger partial charge in [-0.05, 0) is 24.8 Å². The molecule has 2 nitrogen and oxygen atoms in total. The van der Waals surface area contributed by atoms with Crippen LogP contribution in [-0.2, 0) is 11.2 Å². The zero-order valence-corrected chi connectivity index (χ0v) is 12.5. The molecule has 0 aliphatic rings. The normalized spacial score (nSPS) is 12.2.